The first kappa shape index (κ1) is 12.4. The van der Waals surface area contributed by atoms with Crippen LogP contribution in [0.5, 0.6) is 5.75 Å². The molecule has 2 rings (SSSR count). The maximum absolute atomic E-state index is 6.31. The minimum atomic E-state index is -0.0534. The molecule has 1 aliphatic carbocycles. The van der Waals surface area contributed by atoms with E-state index in [0.717, 1.165) is 18.6 Å². The lowest BCUT2D eigenvalue weighted by Crippen LogP contribution is -2.38. The average molecular weight is 234 g/mol. The average Bonchev–Trinajstić information content (AvgIpc) is 2.97. The van der Waals surface area contributed by atoms with E-state index in [1.54, 1.807) is 7.11 Å². The van der Waals surface area contributed by atoms with Crippen LogP contribution in [0.1, 0.15) is 35.6 Å². The number of likely N-dealkylation sites (N-methyl/N-ethyl adjacent to an activating group) is 1. The third-order valence-electron chi connectivity index (χ3n) is 3.71. The number of hydrogen-bond acceptors (Lipinski definition) is 3. The van der Waals surface area contributed by atoms with Crippen molar-refractivity contribution in [3.8, 4) is 5.75 Å². The Kier molecular flexibility index (Phi) is 3.15. The molecule has 0 radical (unpaired) electrons. The number of nitrogens with two attached hydrogens (primary N) is 1. The van der Waals surface area contributed by atoms with Crippen LogP contribution in [-0.4, -0.2) is 19.7 Å². The quantitative estimate of drug-likeness (QED) is 0.838. The van der Waals surface area contributed by atoms with Crippen molar-refractivity contribution in [2.75, 3.05) is 14.2 Å². The summed E-state index contributed by atoms with van der Waals surface area (Å²) in [6, 6.07) is 4.60. The normalized spacial score (nSPS) is 18.9. The van der Waals surface area contributed by atoms with Gasteiger partial charge in [0.15, 0.2) is 0 Å². The zero-order valence-electron chi connectivity index (χ0n) is 11.1. The summed E-state index contributed by atoms with van der Waals surface area (Å²) in [5.41, 5.74) is 9.87. The molecule has 1 atom stereocenters. The van der Waals surface area contributed by atoms with E-state index in [1.807, 2.05) is 7.05 Å². The summed E-state index contributed by atoms with van der Waals surface area (Å²) in [5.74, 6) is 0.977. The predicted octanol–water partition coefficient (Wildman–Crippen LogP) is 2.06. The zero-order chi connectivity index (χ0) is 12.6. The van der Waals surface area contributed by atoms with Gasteiger partial charge in [-0.25, -0.2) is 0 Å². The second kappa shape index (κ2) is 4.31. The summed E-state index contributed by atoms with van der Waals surface area (Å²) < 4.78 is 5.39. The van der Waals surface area contributed by atoms with Gasteiger partial charge in [0.25, 0.3) is 0 Å². The van der Waals surface area contributed by atoms with Gasteiger partial charge >= 0.3 is 0 Å². The van der Waals surface area contributed by atoms with Crippen LogP contribution in [0.4, 0.5) is 0 Å². The Bertz CT molecular complexity index is 401. The van der Waals surface area contributed by atoms with E-state index in [2.05, 4.69) is 31.3 Å². The highest BCUT2D eigenvalue weighted by Crippen LogP contribution is 2.44. The van der Waals surface area contributed by atoms with Crippen LogP contribution in [0.15, 0.2) is 12.1 Å². The van der Waals surface area contributed by atoms with Gasteiger partial charge in [0.2, 0.25) is 0 Å². The zero-order valence-corrected chi connectivity index (χ0v) is 11.1. The molecule has 1 aromatic rings. The summed E-state index contributed by atoms with van der Waals surface area (Å²) in [6.07, 6.45) is 2.20. The smallest absolute Gasteiger partial charge is 0.124 e. The first-order valence-corrected chi connectivity index (χ1v) is 6.13. The number of benzene rings is 1. The fourth-order valence-electron chi connectivity index (χ4n) is 2.69. The highest BCUT2D eigenvalue weighted by Gasteiger charge is 2.45. The lowest BCUT2D eigenvalue weighted by molar-refractivity contribution is 0.407. The van der Waals surface area contributed by atoms with Gasteiger partial charge < -0.3 is 15.8 Å². The van der Waals surface area contributed by atoms with Gasteiger partial charge in [0.1, 0.15) is 5.75 Å². The standard InChI is InChI=1S/C14H22N2O/c1-9-7-11(8-10(2)12(9)17-4)13(16-3)14(15)5-6-14/h7-8,13,16H,5-6,15H2,1-4H3. The van der Waals surface area contributed by atoms with Gasteiger partial charge in [-0.2, -0.15) is 0 Å². The molecular weight excluding hydrogens is 212 g/mol. The third-order valence-corrected chi connectivity index (χ3v) is 3.71. The van der Waals surface area contributed by atoms with Gasteiger partial charge in [-0.05, 0) is 50.4 Å². The first-order chi connectivity index (χ1) is 8.01. The van der Waals surface area contributed by atoms with Gasteiger partial charge in [0.05, 0.1) is 13.2 Å². The van der Waals surface area contributed by atoms with E-state index in [1.165, 1.54) is 16.7 Å². The number of aryl methyl sites for hydroxylation is 2. The van der Waals surface area contributed by atoms with Gasteiger partial charge in [-0.1, -0.05) is 12.1 Å². The van der Waals surface area contributed by atoms with E-state index < -0.39 is 0 Å². The number of hydrogen-bond donors (Lipinski definition) is 2. The number of ether oxygens (including phenoxy) is 1. The fraction of sp³-hybridized carbons (Fsp3) is 0.571. The van der Waals surface area contributed by atoms with Crippen molar-refractivity contribution >= 4 is 0 Å². The SMILES string of the molecule is CNC(c1cc(C)c(OC)c(C)c1)C1(N)CC1. The molecule has 1 saturated carbocycles. The molecule has 0 heterocycles. The second-order valence-electron chi connectivity index (χ2n) is 5.14. The molecule has 3 N–H and O–H groups in total. The molecule has 0 saturated heterocycles. The van der Waals surface area contributed by atoms with Gasteiger partial charge in [0, 0.05) is 5.54 Å². The molecule has 0 aromatic heterocycles. The van der Waals surface area contributed by atoms with E-state index in [0.29, 0.717) is 0 Å². The summed E-state index contributed by atoms with van der Waals surface area (Å²) in [5, 5.41) is 3.35. The Morgan fingerprint density at radius 1 is 1.29 bits per heavy atom. The van der Waals surface area contributed by atoms with Crippen LogP contribution in [-0.2, 0) is 0 Å². The van der Waals surface area contributed by atoms with Gasteiger partial charge in [-0.3, -0.25) is 0 Å². The molecule has 1 fully saturated rings. The second-order valence-corrected chi connectivity index (χ2v) is 5.14. The van der Waals surface area contributed by atoms with E-state index in [4.69, 9.17) is 10.5 Å². The highest BCUT2D eigenvalue weighted by molar-refractivity contribution is 5.45. The molecule has 94 valence electrons. The maximum atomic E-state index is 6.31. The van der Waals surface area contributed by atoms with E-state index >= 15 is 0 Å². The van der Waals surface area contributed by atoms with E-state index in [-0.39, 0.29) is 11.6 Å². The van der Waals surface area contributed by atoms with Crippen LogP contribution >= 0.6 is 0 Å². The number of nitrogens with one attached hydrogen (secondary N) is 1. The van der Waals surface area contributed by atoms with Crippen LogP contribution in [0.3, 0.4) is 0 Å². The molecule has 17 heavy (non-hydrogen) atoms. The topological polar surface area (TPSA) is 47.3 Å². The molecule has 3 nitrogen and oxygen atoms in total. The molecule has 0 bridgehead atoms. The summed E-state index contributed by atoms with van der Waals surface area (Å²) in [6.45, 7) is 4.16. The third kappa shape index (κ3) is 2.17. The Morgan fingerprint density at radius 3 is 2.18 bits per heavy atom. The Balaban J connectivity index is 2.39. The number of rotatable bonds is 4. The van der Waals surface area contributed by atoms with Crippen molar-refractivity contribution in [2.45, 2.75) is 38.3 Å². The Labute approximate surface area is 103 Å². The maximum Gasteiger partial charge on any atom is 0.124 e. The molecular formula is C14H22N2O. The van der Waals surface area contributed by atoms with Crippen molar-refractivity contribution in [1.29, 1.82) is 0 Å². The largest absolute Gasteiger partial charge is 0.496 e. The Morgan fingerprint density at radius 2 is 1.82 bits per heavy atom. The first-order valence-electron chi connectivity index (χ1n) is 6.13. The lowest BCUT2D eigenvalue weighted by Gasteiger charge is -2.25. The van der Waals surface area contributed by atoms with Crippen molar-refractivity contribution in [3.63, 3.8) is 0 Å². The van der Waals surface area contributed by atoms with Crippen LogP contribution < -0.4 is 15.8 Å². The lowest BCUT2D eigenvalue weighted by atomic mass is 9.94. The van der Waals surface area contributed by atoms with E-state index in [9.17, 15) is 0 Å². The highest BCUT2D eigenvalue weighted by atomic mass is 16.5. The van der Waals surface area contributed by atoms with Crippen molar-refractivity contribution in [1.82, 2.24) is 5.32 Å². The minimum absolute atomic E-state index is 0.0534. The molecule has 1 aromatic carbocycles. The van der Waals surface area contributed by atoms with Crippen LogP contribution in [0.2, 0.25) is 0 Å². The summed E-state index contributed by atoms with van der Waals surface area (Å²) in [4.78, 5) is 0. The molecule has 1 unspecified atom stereocenters. The minimum Gasteiger partial charge on any atom is -0.496 e. The van der Waals surface area contributed by atoms with Crippen LogP contribution in [0.25, 0.3) is 0 Å². The van der Waals surface area contributed by atoms with Crippen molar-refractivity contribution in [3.05, 3.63) is 28.8 Å². The summed E-state index contributed by atoms with van der Waals surface area (Å²) in [7, 11) is 3.70. The summed E-state index contributed by atoms with van der Waals surface area (Å²) >= 11 is 0. The molecule has 1 aliphatic rings. The molecule has 0 spiro atoms. The molecule has 0 aliphatic heterocycles. The molecule has 0 amide bonds. The van der Waals surface area contributed by atoms with Crippen molar-refractivity contribution in [2.24, 2.45) is 5.73 Å². The monoisotopic (exact) mass is 234 g/mol. The van der Waals surface area contributed by atoms with Gasteiger partial charge in [-0.15, -0.1) is 0 Å². The fourth-order valence-corrected chi connectivity index (χ4v) is 2.69. The molecule has 3 heteroatoms. The predicted molar refractivity (Wildman–Crippen MR) is 70.4 cm³/mol. The van der Waals surface area contributed by atoms with Crippen LogP contribution in [0, 0.1) is 13.8 Å². The Hall–Kier alpha value is -1.06. The number of methoxy groups -OCH3 is 1. The van der Waals surface area contributed by atoms with Crippen molar-refractivity contribution < 1.29 is 4.74 Å².